The lowest BCUT2D eigenvalue weighted by atomic mass is 10.3. The number of hydrogen-bond acceptors (Lipinski definition) is 4. The minimum Gasteiger partial charge on any atom is -0.319 e. The maximum atomic E-state index is 12.0. The van der Waals surface area contributed by atoms with Gasteiger partial charge in [-0.25, -0.2) is 9.97 Å². The third kappa shape index (κ3) is 2.60. The van der Waals surface area contributed by atoms with Gasteiger partial charge in [-0.1, -0.05) is 23.2 Å². The predicted octanol–water partition coefficient (Wildman–Crippen LogP) is 2.18. The number of nitrogens with one attached hydrogen (secondary N) is 1. The molecule has 1 N–H and O–H groups in total. The summed E-state index contributed by atoms with van der Waals surface area (Å²) in [6.45, 7) is 1.70. The summed E-state index contributed by atoms with van der Waals surface area (Å²) >= 11 is 11.7. The first-order valence-corrected chi connectivity index (χ1v) is 5.81. The summed E-state index contributed by atoms with van der Waals surface area (Å²) in [6.07, 6.45) is 4.50. The van der Waals surface area contributed by atoms with Crippen LogP contribution >= 0.6 is 23.2 Å². The summed E-state index contributed by atoms with van der Waals surface area (Å²) in [5.74, 6) is -0.308. The number of carbonyl (C=O) groups excluding carboxylic acids is 1. The van der Waals surface area contributed by atoms with Gasteiger partial charge in [-0.3, -0.25) is 9.48 Å². The highest BCUT2D eigenvalue weighted by Gasteiger charge is 2.18. The second kappa shape index (κ2) is 5.32. The van der Waals surface area contributed by atoms with Crippen LogP contribution in [0.5, 0.6) is 0 Å². The second-order valence-corrected chi connectivity index (χ2v) is 4.20. The Kier molecular flexibility index (Phi) is 3.78. The number of rotatable bonds is 3. The molecular weight excluding hydrogens is 277 g/mol. The number of carbonyl (C=O) groups is 1. The standard InChI is InChI=1S/C10H9Cl2N5O/c1-6(17-4-2-3-15-17)10(18)16-7-8(11)13-5-14-9(7)12/h2-6H,1H3,(H,16,18). The summed E-state index contributed by atoms with van der Waals surface area (Å²) in [5, 5.41) is 6.75. The van der Waals surface area contributed by atoms with Gasteiger partial charge >= 0.3 is 0 Å². The second-order valence-electron chi connectivity index (χ2n) is 3.48. The van der Waals surface area contributed by atoms with E-state index in [1.807, 2.05) is 0 Å². The van der Waals surface area contributed by atoms with Gasteiger partial charge in [-0.2, -0.15) is 5.10 Å². The SMILES string of the molecule is CC(C(=O)Nc1c(Cl)ncnc1Cl)n1cccn1. The van der Waals surface area contributed by atoms with Crippen molar-refractivity contribution in [3.05, 3.63) is 35.1 Å². The summed E-state index contributed by atoms with van der Waals surface area (Å²) in [6, 6.07) is 1.24. The zero-order chi connectivity index (χ0) is 13.1. The van der Waals surface area contributed by atoms with Crippen LogP contribution in [0.2, 0.25) is 10.3 Å². The molecule has 0 spiro atoms. The molecule has 0 aliphatic rings. The normalized spacial score (nSPS) is 12.2. The van der Waals surface area contributed by atoms with Crippen LogP contribution in [0.15, 0.2) is 24.8 Å². The van der Waals surface area contributed by atoms with E-state index in [4.69, 9.17) is 23.2 Å². The molecule has 1 amide bonds. The number of aromatic nitrogens is 4. The van der Waals surface area contributed by atoms with Crippen molar-refractivity contribution in [3.63, 3.8) is 0 Å². The lowest BCUT2D eigenvalue weighted by Gasteiger charge is -2.13. The summed E-state index contributed by atoms with van der Waals surface area (Å²) < 4.78 is 1.51. The molecule has 2 rings (SSSR count). The van der Waals surface area contributed by atoms with E-state index in [-0.39, 0.29) is 21.9 Å². The molecule has 0 fully saturated rings. The fourth-order valence-corrected chi connectivity index (χ4v) is 1.71. The molecule has 2 heterocycles. The summed E-state index contributed by atoms with van der Waals surface area (Å²) in [4.78, 5) is 19.5. The van der Waals surface area contributed by atoms with Crippen molar-refractivity contribution in [2.24, 2.45) is 0 Å². The highest BCUT2D eigenvalue weighted by molar-refractivity contribution is 6.38. The predicted molar refractivity (Wildman–Crippen MR) is 67.6 cm³/mol. The topological polar surface area (TPSA) is 72.7 Å². The van der Waals surface area contributed by atoms with Crippen molar-refractivity contribution in [1.82, 2.24) is 19.7 Å². The highest BCUT2D eigenvalue weighted by atomic mass is 35.5. The molecule has 0 radical (unpaired) electrons. The van der Waals surface area contributed by atoms with E-state index in [1.165, 1.54) is 11.0 Å². The third-order valence-corrected chi connectivity index (χ3v) is 2.88. The Morgan fingerprint density at radius 3 is 2.61 bits per heavy atom. The van der Waals surface area contributed by atoms with E-state index in [2.05, 4.69) is 20.4 Å². The molecule has 1 atom stereocenters. The van der Waals surface area contributed by atoms with Crippen LogP contribution in [-0.4, -0.2) is 25.7 Å². The molecule has 0 aliphatic carbocycles. The molecule has 0 aromatic carbocycles. The van der Waals surface area contributed by atoms with E-state index in [0.29, 0.717) is 0 Å². The fraction of sp³-hybridized carbons (Fsp3) is 0.200. The first-order valence-electron chi connectivity index (χ1n) is 5.05. The van der Waals surface area contributed by atoms with Crippen molar-refractivity contribution in [2.45, 2.75) is 13.0 Å². The van der Waals surface area contributed by atoms with Crippen molar-refractivity contribution < 1.29 is 4.79 Å². The molecule has 0 saturated heterocycles. The lowest BCUT2D eigenvalue weighted by molar-refractivity contribution is -0.119. The van der Waals surface area contributed by atoms with Gasteiger partial charge in [0.2, 0.25) is 5.91 Å². The Balaban J connectivity index is 2.17. The average molecular weight is 286 g/mol. The number of nitrogens with zero attached hydrogens (tertiary/aromatic N) is 4. The lowest BCUT2D eigenvalue weighted by Crippen LogP contribution is -2.24. The average Bonchev–Trinajstić information content (AvgIpc) is 2.86. The fourth-order valence-electron chi connectivity index (χ4n) is 1.31. The van der Waals surface area contributed by atoms with E-state index < -0.39 is 6.04 Å². The van der Waals surface area contributed by atoms with E-state index in [9.17, 15) is 4.79 Å². The van der Waals surface area contributed by atoms with Crippen LogP contribution in [-0.2, 0) is 4.79 Å². The monoisotopic (exact) mass is 285 g/mol. The van der Waals surface area contributed by atoms with Crippen molar-refractivity contribution in [2.75, 3.05) is 5.32 Å². The van der Waals surface area contributed by atoms with E-state index in [0.717, 1.165) is 0 Å². The van der Waals surface area contributed by atoms with Gasteiger partial charge in [0.05, 0.1) is 0 Å². The minimum atomic E-state index is -0.493. The Morgan fingerprint density at radius 1 is 1.39 bits per heavy atom. The van der Waals surface area contributed by atoms with Crippen LogP contribution in [0.4, 0.5) is 5.69 Å². The maximum Gasteiger partial charge on any atom is 0.249 e. The Labute approximate surface area is 113 Å². The zero-order valence-electron chi connectivity index (χ0n) is 9.34. The van der Waals surface area contributed by atoms with Crippen molar-refractivity contribution >= 4 is 34.8 Å². The molecule has 18 heavy (non-hydrogen) atoms. The van der Waals surface area contributed by atoms with Gasteiger partial charge in [0, 0.05) is 12.4 Å². The highest BCUT2D eigenvalue weighted by Crippen LogP contribution is 2.26. The third-order valence-electron chi connectivity index (χ3n) is 2.30. The number of amides is 1. The molecule has 1 unspecified atom stereocenters. The first kappa shape index (κ1) is 12.8. The molecule has 2 aromatic heterocycles. The van der Waals surface area contributed by atoms with Crippen LogP contribution in [0.3, 0.4) is 0 Å². The maximum absolute atomic E-state index is 12.0. The van der Waals surface area contributed by atoms with Gasteiger partial charge in [0.15, 0.2) is 10.3 Å². The quantitative estimate of drug-likeness (QED) is 0.878. The Morgan fingerprint density at radius 2 is 2.06 bits per heavy atom. The Hall–Kier alpha value is -1.66. The van der Waals surface area contributed by atoms with Gasteiger partial charge in [0.1, 0.15) is 18.1 Å². The van der Waals surface area contributed by atoms with Crippen molar-refractivity contribution in [1.29, 1.82) is 0 Å². The van der Waals surface area contributed by atoms with Gasteiger partial charge in [-0.15, -0.1) is 0 Å². The van der Waals surface area contributed by atoms with Crippen molar-refractivity contribution in [3.8, 4) is 0 Å². The summed E-state index contributed by atoms with van der Waals surface area (Å²) in [7, 11) is 0. The molecule has 6 nitrogen and oxygen atoms in total. The van der Waals surface area contributed by atoms with Gasteiger partial charge in [0.25, 0.3) is 0 Å². The number of hydrogen-bond donors (Lipinski definition) is 1. The molecule has 8 heteroatoms. The largest absolute Gasteiger partial charge is 0.319 e. The van der Waals surface area contributed by atoms with Gasteiger partial charge < -0.3 is 5.32 Å². The first-order chi connectivity index (χ1) is 8.59. The molecule has 0 aliphatic heterocycles. The molecule has 0 saturated carbocycles. The van der Waals surface area contributed by atoms with Crippen LogP contribution < -0.4 is 5.32 Å². The molecule has 94 valence electrons. The van der Waals surface area contributed by atoms with Crippen LogP contribution in [0, 0.1) is 0 Å². The van der Waals surface area contributed by atoms with E-state index >= 15 is 0 Å². The summed E-state index contributed by atoms with van der Waals surface area (Å²) in [5.41, 5.74) is 0.199. The minimum absolute atomic E-state index is 0.0935. The van der Waals surface area contributed by atoms with Gasteiger partial charge in [-0.05, 0) is 13.0 Å². The molecular formula is C10H9Cl2N5O. The van der Waals surface area contributed by atoms with Crippen LogP contribution in [0.1, 0.15) is 13.0 Å². The molecule has 0 bridgehead atoms. The van der Waals surface area contributed by atoms with E-state index in [1.54, 1.807) is 25.4 Å². The molecule has 2 aromatic rings. The number of halogens is 2. The van der Waals surface area contributed by atoms with Crippen LogP contribution in [0.25, 0.3) is 0 Å². The Bertz CT molecular complexity index is 537. The smallest absolute Gasteiger partial charge is 0.249 e. The number of anilines is 1. The zero-order valence-corrected chi connectivity index (χ0v) is 10.9.